The van der Waals surface area contributed by atoms with Crippen LogP contribution >= 0.6 is 35.0 Å². The van der Waals surface area contributed by atoms with Crippen molar-refractivity contribution in [2.24, 2.45) is 0 Å². The standard InChI is InChI=1S/C23H23Cl2N5O4S/c1-3-10-29-21(5-4-11-34-20-9-6-16(24)12-15(20)2)27-28-23(29)35-14-22(31)26-19-13-17(30(32)33)7-8-18(19)25/h3,6-9,12-13H,1,4-5,10-11,14H2,2H3,(H,26,31). The van der Waals surface area contributed by atoms with Gasteiger partial charge in [-0.05, 0) is 43.2 Å². The van der Waals surface area contributed by atoms with Gasteiger partial charge in [0, 0.05) is 30.1 Å². The fourth-order valence-electron chi connectivity index (χ4n) is 3.15. The Morgan fingerprint density at radius 2 is 2.09 bits per heavy atom. The number of nitro benzene ring substituents is 1. The monoisotopic (exact) mass is 535 g/mol. The normalized spacial score (nSPS) is 10.7. The number of carbonyl (C=O) groups excluding carboxylic acids is 1. The van der Waals surface area contributed by atoms with Crippen LogP contribution in [0.15, 0.2) is 54.2 Å². The number of allylic oxidation sites excluding steroid dienone is 1. The van der Waals surface area contributed by atoms with Crippen molar-refractivity contribution in [1.29, 1.82) is 0 Å². The van der Waals surface area contributed by atoms with E-state index in [1.807, 2.05) is 23.6 Å². The van der Waals surface area contributed by atoms with Gasteiger partial charge in [0.25, 0.3) is 5.69 Å². The fraction of sp³-hybridized carbons (Fsp3) is 0.261. The molecule has 0 fully saturated rings. The number of anilines is 1. The molecular formula is C23H23Cl2N5O4S. The smallest absolute Gasteiger partial charge is 0.271 e. The van der Waals surface area contributed by atoms with E-state index in [1.165, 1.54) is 30.0 Å². The number of nitro groups is 1. The molecule has 12 heteroatoms. The molecule has 3 rings (SSSR count). The van der Waals surface area contributed by atoms with Gasteiger partial charge in [0.05, 0.1) is 28.0 Å². The van der Waals surface area contributed by atoms with Crippen LogP contribution in [0.1, 0.15) is 17.8 Å². The number of hydrogen-bond acceptors (Lipinski definition) is 7. The molecule has 0 aliphatic carbocycles. The van der Waals surface area contributed by atoms with Gasteiger partial charge < -0.3 is 14.6 Å². The molecule has 2 aromatic carbocycles. The maximum atomic E-state index is 12.4. The summed E-state index contributed by atoms with van der Waals surface area (Å²) in [5.41, 5.74) is 0.981. The molecule has 0 atom stereocenters. The highest BCUT2D eigenvalue weighted by Gasteiger charge is 2.16. The average Bonchev–Trinajstić information content (AvgIpc) is 3.19. The van der Waals surface area contributed by atoms with Crippen LogP contribution in [0, 0.1) is 17.0 Å². The van der Waals surface area contributed by atoms with Gasteiger partial charge in [0.1, 0.15) is 11.6 Å². The Morgan fingerprint density at radius 3 is 2.80 bits per heavy atom. The highest BCUT2D eigenvalue weighted by atomic mass is 35.5. The summed E-state index contributed by atoms with van der Waals surface area (Å²) in [5, 5.41) is 23.5. The van der Waals surface area contributed by atoms with E-state index in [-0.39, 0.29) is 28.1 Å². The second-order valence-electron chi connectivity index (χ2n) is 7.42. The topological polar surface area (TPSA) is 112 Å². The van der Waals surface area contributed by atoms with Crippen molar-refractivity contribution < 1.29 is 14.5 Å². The maximum Gasteiger partial charge on any atom is 0.271 e. The molecule has 0 aliphatic heterocycles. The molecule has 9 nitrogen and oxygen atoms in total. The van der Waals surface area contributed by atoms with E-state index in [0.717, 1.165) is 17.1 Å². The van der Waals surface area contributed by atoms with Crippen LogP contribution < -0.4 is 10.1 Å². The first-order valence-electron chi connectivity index (χ1n) is 10.6. The number of hydrogen-bond donors (Lipinski definition) is 1. The van der Waals surface area contributed by atoms with Crippen molar-refractivity contribution in [2.45, 2.75) is 31.5 Å². The lowest BCUT2D eigenvalue weighted by Crippen LogP contribution is -2.15. The molecule has 0 aliphatic rings. The molecule has 1 heterocycles. The lowest BCUT2D eigenvalue weighted by molar-refractivity contribution is -0.384. The third-order valence-corrected chi connectivity index (χ3v) is 6.34. The Morgan fingerprint density at radius 1 is 1.29 bits per heavy atom. The quantitative estimate of drug-likeness (QED) is 0.103. The number of thioether (sulfide) groups is 1. The van der Waals surface area contributed by atoms with Crippen molar-refractivity contribution in [3.8, 4) is 5.75 Å². The number of aromatic nitrogens is 3. The Kier molecular flexibility index (Phi) is 9.53. The van der Waals surface area contributed by atoms with Crippen molar-refractivity contribution >= 4 is 52.2 Å². The van der Waals surface area contributed by atoms with Gasteiger partial charge in [-0.15, -0.1) is 16.8 Å². The van der Waals surface area contributed by atoms with Gasteiger partial charge in [-0.3, -0.25) is 14.9 Å². The predicted octanol–water partition coefficient (Wildman–Crippen LogP) is 5.73. The van der Waals surface area contributed by atoms with Crippen LogP contribution in [0.2, 0.25) is 10.0 Å². The minimum atomic E-state index is -0.554. The first kappa shape index (κ1) is 26.5. The van der Waals surface area contributed by atoms with Gasteiger partial charge in [0.15, 0.2) is 5.16 Å². The lowest BCUT2D eigenvalue weighted by atomic mass is 10.2. The highest BCUT2D eigenvalue weighted by Crippen LogP contribution is 2.27. The van der Waals surface area contributed by atoms with Crippen LogP contribution in [-0.4, -0.2) is 38.0 Å². The molecule has 3 aromatic rings. The second-order valence-corrected chi connectivity index (χ2v) is 9.20. The largest absolute Gasteiger partial charge is 0.493 e. The molecule has 184 valence electrons. The molecule has 1 amide bonds. The summed E-state index contributed by atoms with van der Waals surface area (Å²) < 4.78 is 7.73. The Bertz CT molecular complexity index is 1230. The van der Waals surface area contributed by atoms with Crippen molar-refractivity contribution in [3.63, 3.8) is 0 Å². The summed E-state index contributed by atoms with van der Waals surface area (Å²) >= 11 is 13.2. The van der Waals surface area contributed by atoms with Crippen LogP contribution in [0.3, 0.4) is 0 Å². The number of benzene rings is 2. The lowest BCUT2D eigenvalue weighted by Gasteiger charge is -2.10. The molecule has 0 saturated heterocycles. The number of nitrogens with zero attached hydrogens (tertiary/aromatic N) is 4. The van der Waals surface area contributed by atoms with E-state index in [9.17, 15) is 14.9 Å². The summed E-state index contributed by atoms with van der Waals surface area (Å²) in [6.07, 6.45) is 3.07. The van der Waals surface area contributed by atoms with E-state index >= 15 is 0 Å². The van der Waals surface area contributed by atoms with Gasteiger partial charge in [-0.1, -0.05) is 41.0 Å². The molecule has 1 N–H and O–H groups in total. The van der Waals surface area contributed by atoms with Gasteiger partial charge >= 0.3 is 0 Å². The number of rotatable bonds is 12. The summed E-state index contributed by atoms with van der Waals surface area (Å²) in [5.74, 6) is 1.19. The number of aryl methyl sites for hydroxylation is 2. The SMILES string of the molecule is C=CCn1c(CCCOc2ccc(Cl)cc2C)nnc1SCC(=O)Nc1cc([N+](=O)[O-])ccc1Cl. The van der Waals surface area contributed by atoms with E-state index in [1.54, 1.807) is 12.1 Å². The van der Waals surface area contributed by atoms with Crippen molar-refractivity contribution in [2.75, 3.05) is 17.7 Å². The number of amides is 1. The first-order chi connectivity index (χ1) is 16.8. The van der Waals surface area contributed by atoms with Gasteiger partial charge in [-0.25, -0.2) is 0 Å². The molecular weight excluding hydrogens is 513 g/mol. The highest BCUT2D eigenvalue weighted by molar-refractivity contribution is 7.99. The molecule has 1 aromatic heterocycles. The van der Waals surface area contributed by atoms with E-state index in [0.29, 0.717) is 36.2 Å². The van der Waals surface area contributed by atoms with Crippen molar-refractivity contribution in [1.82, 2.24) is 14.8 Å². The maximum absolute atomic E-state index is 12.4. The second kappa shape index (κ2) is 12.6. The zero-order valence-electron chi connectivity index (χ0n) is 18.9. The number of non-ortho nitro benzene ring substituents is 1. The summed E-state index contributed by atoms with van der Waals surface area (Å²) in [4.78, 5) is 22.8. The van der Waals surface area contributed by atoms with E-state index in [2.05, 4.69) is 22.1 Å². The zero-order valence-corrected chi connectivity index (χ0v) is 21.2. The fourth-order valence-corrected chi connectivity index (χ4v) is 4.31. The molecule has 0 saturated carbocycles. The molecule has 0 spiro atoms. The number of carbonyl (C=O) groups is 1. The minimum absolute atomic E-state index is 0.0211. The number of halogens is 2. The van der Waals surface area contributed by atoms with Crippen LogP contribution in [-0.2, 0) is 17.8 Å². The average molecular weight is 536 g/mol. The van der Waals surface area contributed by atoms with Crippen LogP contribution in [0.5, 0.6) is 5.75 Å². The number of nitrogens with one attached hydrogen (secondary N) is 1. The molecule has 35 heavy (non-hydrogen) atoms. The predicted molar refractivity (Wildman–Crippen MR) is 138 cm³/mol. The Balaban J connectivity index is 1.56. The van der Waals surface area contributed by atoms with Gasteiger partial charge in [-0.2, -0.15) is 0 Å². The zero-order chi connectivity index (χ0) is 25.4. The summed E-state index contributed by atoms with van der Waals surface area (Å²) in [6, 6.07) is 9.35. The first-order valence-corrected chi connectivity index (χ1v) is 12.3. The van der Waals surface area contributed by atoms with E-state index in [4.69, 9.17) is 27.9 Å². The molecule has 0 radical (unpaired) electrons. The van der Waals surface area contributed by atoms with Crippen LogP contribution in [0.4, 0.5) is 11.4 Å². The third kappa shape index (κ3) is 7.45. The van der Waals surface area contributed by atoms with Crippen LogP contribution in [0.25, 0.3) is 0 Å². The third-order valence-electron chi connectivity index (χ3n) is 4.81. The molecule has 0 unspecified atom stereocenters. The summed E-state index contributed by atoms with van der Waals surface area (Å²) in [6.45, 7) is 6.71. The Hall–Kier alpha value is -3.08. The van der Waals surface area contributed by atoms with Crippen molar-refractivity contribution in [3.05, 3.63) is 80.6 Å². The summed E-state index contributed by atoms with van der Waals surface area (Å²) in [7, 11) is 0. The number of ether oxygens (including phenoxy) is 1. The minimum Gasteiger partial charge on any atom is -0.493 e. The Labute approximate surface area is 216 Å². The van der Waals surface area contributed by atoms with Gasteiger partial charge in [0.2, 0.25) is 5.91 Å². The molecule has 0 bridgehead atoms. The van der Waals surface area contributed by atoms with E-state index < -0.39 is 4.92 Å².